The van der Waals surface area contributed by atoms with Crippen molar-refractivity contribution >= 4 is 34.1 Å². The van der Waals surface area contributed by atoms with Crippen LogP contribution < -0.4 is 4.90 Å². The van der Waals surface area contributed by atoms with Crippen LogP contribution in [0.5, 0.6) is 0 Å². The van der Waals surface area contributed by atoms with Gasteiger partial charge in [0.15, 0.2) is 0 Å². The molecule has 2 amide bonds. The van der Waals surface area contributed by atoms with Crippen LogP contribution in [0.3, 0.4) is 0 Å². The SMILES string of the molecule is CCOC(=O)c1c(N2C(=O)[C@@H]3[C@H](C2=O)[C@@H]2CC[C@@H]3O2)sc2c1CC[C@H](C(C)(C)CC)C2. The molecule has 31 heavy (non-hydrogen) atoms. The van der Waals surface area contributed by atoms with E-state index in [1.54, 1.807) is 6.92 Å². The zero-order valence-corrected chi connectivity index (χ0v) is 19.5. The second kappa shape index (κ2) is 7.41. The van der Waals surface area contributed by atoms with Crippen LogP contribution in [0.4, 0.5) is 5.00 Å². The molecule has 3 fully saturated rings. The Hall–Kier alpha value is -1.73. The summed E-state index contributed by atoms with van der Waals surface area (Å²) >= 11 is 1.46. The molecule has 1 aromatic rings. The van der Waals surface area contributed by atoms with Crippen molar-refractivity contribution in [3.05, 3.63) is 16.0 Å². The number of hydrogen-bond donors (Lipinski definition) is 0. The highest BCUT2D eigenvalue weighted by Crippen LogP contribution is 2.53. The fourth-order valence-electron chi connectivity index (χ4n) is 6.01. The van der Waals surface area contributed by atoms with Crippen LogP contribution in [0.15, 0.2) is 0 Å². The van der Waals surface area contributed by atoms with Gasteiger partial charge in [-0.25, -0.2) is 9.69 Å². The van der Waals surface area contributed by atoms with Crippen LogP contribution in [0.25, 0.3) is 0 Å². The number of imide groups is 1. The van der Waals surface area contributed by atoms with E-state index in [0.29, 0.717) is 16.5 Å². The lowest BCUT2D eigenvalue weighted by Gasteiger charge is -2.36. The monoisotopic (exact) mass is 445 g/mol. The van der Waals surface area contributed by atoms with Gasteiger partial charge < -0.3 is 9.47 Å². The quantitative estimate of drug-likeness (QED) is 0.503. The summed E-state index contributed by atoms with van der Waals surface area (Å²) in [6, 6.07) is 0. The molecule has 0 unspecified atom stereocenters. The maximum atomic E-state index is 13.4. The first kappa shape index (κ1) is 21.1. The van der Waals surface area contributed by atoms with E-state index < -0.39 is 17.8 Å². The zero-order chi connectivity index (χ0) is 22.1. The summed E-state index contributed by atoms with van der Waals surface area (Å²) in [5, 5.41) is 0.488. The highest BCUT2D eigenvalue weighted by Gasteiger charge is 2.63. The van der Waals surface area contributed by atoms with E-state index in [-0.39, 0.29) is 36.0 Å². The summed E-state index contributed by atoms with van der Waals surface area (Å²) in [5.74, 6) is -1.09. The van der Waals surface area contributed by atoms with E-state index in [1.807, 2.05) is 0 Å². The average molecular weight is 446 g/mol. The highest BCUT2D eigenvalue weighted by molar-refractivity contribution is 7.17. The fraction of sp³-hybridized carbons (Fsp3) is 0.708. The van der Waals surface area contributed by atoms with Crippen molar-refractivity contribution in [2.45, 2.75) is 78.4 Å². The Morgan fingerprint density at radius 1 is 1.13 bits per heavy atom. The Kier molecular flexibility index (Phi) is 5.05. The van der Waals surface area contributed by atoms with Crippen molar-refractivity contribution in [1.29, 1.82) is 0 Å². The molecule has 7 heteroatoms. The minimum Gasteiger partial charge on any atom is -0.462 e. The lowest BCUT2D eigenvalue weighted by Crippen LogP contribution is -2.34. The molecule has 3 saturated heterocycles. The number of carbonyl (C=O) groups excluding carboxylic acids is 3. The van der Waals surface area contributed by atoms with Gasteiger partial charge in [0.2, 0.25) is 11.8 Å². The Morgan fingerprint density at radius 3 is 2.35 bits per heavy atom. The average Bonchev–Trinajstić information content (AvgIpc) is 3.49. The molecular formula is C24H31NO5S. The third-order valence-corrected chi connectivity index (χ3v) is 9.47. The molecule has 168 valence electrons. The smallest absolute Gasteiger partial charge is 0.341 e. The zero-order valence-electron chi connectivity index (χ0n) is 18.7. The van der Waals surface area contributed by atoms with Gasteiger partial charge in [-0.15, -0.1) is 11.3 Å². The van der Waals surface area contributed by atoms with Gasteiger partial charge in [0.25, 0.3) is 0 Å². The molecule has 4 heterocycles. The first-order valence-electron chi connectivity index (χ1n) is 11.6. The van der Waals surface area contributed by atoms with Gasteiger partial charge in [-0.2, -0.15) is 0 Å². The number of nitrogens with zero attached hydrogens (tertiary/aromatic N) is 1. The maximum absolute atomic E-state index is 13.4. The van der Waals surface area contributed by atoms with Gasteiger partial charge in [0.05, 0.1) is 36.2 Å². The molecule has 0 aromatic carbocycles. The number of rotatable bonds is 5. The van der Waals surface area contributed by atoms with Crippen LogP contribution in [0.1, 0.15) is 74.2 Å². The second-order valence-electron chi connectivity index (χ2n) is 10.0. The van der Waals surface area contributed by atoms with Crippen molar-refractivity contribution in [3.8, 4) is 0 Å². The normalized spacial score (nSPS) is 31.9. The van der Waals surface area contributed by atoms with Crippen molar-refractivity contribution in [2.24, 2.45) is 23.2 Å². The number of anilines is 1. The maximum Gasteiger partial charge on any atom is 0.341 e. The van der Waals surface area contributed by atoms with E-state index in [1.165, 1.54) is 16.2 Å². The molecule has 5 rings (SSSR count). The van der Waals surface area contributed by atoms with Crippen molar-refractivity contribution < 1.29 is 23.9 Å². The summed E-state index contributed by atoms with van der Waals surface area (Å²) in [4.78, 5) is 42.2. The molecule has 0 N–H and O–H groups in total. The predicted octanol–water partition coefficient (Wildman–Crippen LogP) is 4.13. The highest BCUT2D eigenvalue weighted by atomic mass is 32.1. The number of carbonyl (C=O) groups is 3. The topological polar surface area (TPSA) is 72.9 Å². The van der Waals surface area contributed by atoms with E-state index in [2.05, 4.69) is 20.8 Å². The summed E-state index contributed by atoms with van der Waals surface area (Å²) < 4.78 is 11.2. The summed E-state index contributed by atoms with van der Waals surface area (Å²) in [5.41, 5.74) is 1.64. The van der Waals surface area contributed by atoms with Gasteiger partial charge in [-0.1, -0.05) is 27.2 Å². The fourth-order valence-corrected chi connectivity index (χ4v) is 7.44. The Bertz CT molecular complexity index is 922. The van der Waals surface area contributed by atoms with Gasteiger partial charge >= 0.3 is 5.97 Å². The van der Waals surface area contributed by atoms with Crippen molar-refractivity contribution in [1.82, 2.24) is 0 Å². The standard InChI is InChI=1S/C24H31NO5S/c1-5-24(3,4)12-7-8-13-16(11-12)31-22(17(13)23(28)29-6-2)25-20(26)18-14-9-10-15(30-14)19(18)21(25)27/h12,14-15,18-19H,5-11H2,1-4H3/t12-,14-,15-,18-,19+/m0/s1. The molecule has 0 spiro atoms. The van der Waals surface area contributed by atoms with Crippen molar-refractivity contribution in [2.75, 3.05) is 11.5 Å². The van der Waals surface area contributed by atoms with E-state index >= 15 is 0 Å². The molecule has 1 aliphatic carbocycles. The van der Waals surface area contributed by atoms with Gasteiger partial charge in [0.1, 0.15) is 5.00 Å². The third-order valence-electron chi connectivity index (χ3n) is 8.23. The van der Waals surface area contributed by atoms with Crippen LogP contribution in [-0.2, 0) is 31.9 Å². The first-order chi connectivity index (χ1) is 14.8. The third kappa shape index (κ3) is 3.03. The van der Waals surface area contributed by atoms with E-state index in [0.717, 1.165) is 49.0 Å². The van der Waals surface area contributed by atoms with Gasteiger partial charge in [-0.05, 0) is 55.9 Å². The molecule has 0 saturated carbocycles. The van der Waals surface area contributed by atoms with E-state index in [4.69, 9.17) is 9.47 Å². The summed E-state index contributed by atoms with van der Waals surface area (Å²) in [7, 11) is 0. The Balaban J connectivity index is 1.56. The number of amides is 2. The number of hydrogen-bond acceptors (Lipinski definition) is 6. The lowest BCUT2D eigenvalue weighted by molar-refractivity contribution is -0.124. The minimum atomic E-state index is -0.417. The number of fused-ring (bicyclic) bond motifs is 6. The molecule has 4 aliphatic rings. The van der Waals surface area contributed by atoms with Crippen LogP contribution in [0.2, 0.25) is 0 Å². The van der Waals surface area contributed by atoms with Crippen LogP contribution >= 0.6 is 11.3 Å². The number of ether oxygens (including phenoxy) is 2. The van der Waals surface area contributed by atoms with Gasteiger partial charge in [0, 0.05) is 4.88 Å². The first-order valence-corrected chi connectivity index (χ1v) is 12.4. The minimum absolute atomic E-state index is 0.160. The van der Waals surface area contributed by atoms with Crippen LogP contribution in [0, 0.1) is 23.2 Å². The molecule has 2 bridgehead atoms. The number of thiophene rings is 1. The Morgan fingerprint density at radius 2 is 1.77 bits per heavy atom. The van der Waals surface area contributed by atoms with Gasteiger partial charge in [-0.3, -0.25) is 9.59 Å². The number of esters is 1. The molecule has 3 aliphatic heterocycles. The molecular weight excluding hydrogens is 414 g/mol. The molecule has 1 aromatic heterocycles. The predicted molar refractivity (Wildman–Crippen MR) is 117 cm³/mol. The Labute approximate surface area is 187 Å². The van der Waals surface area contributed by atoms with Crippen LogP contribution in [-0.4, -0.2) is 36.6 Å². The second-order valence-corrected chi connectivity index (χ2v) is 11.1. The van der Waals surface area contributed by atoms with Crippen molar-refractivity contribution in [3.63, 3.8) is 0 Å². The van der Waals surface area contributed by atoms with E-state index in [9.17, 15) is 14.4 Å². The summed E-state index contributed by atoms with van der Waals surface area (Å²) in [6.45, 7) is 8.86. The lowest BCUT2D eigenvalue weighted by atomic mass is 9.69. The summed E-state index contributed by atoms with van der Waals surface area (Å²) in [6.07, 6.45) is 5.10. The molecule has 6 nitrogen and oxygen atoms in total. The largest absolute Gasteiger partial charge is 0.462 e. The molecule has 0 radical (unpaired) electrons. The molecule has 5 atom stereocenters.